The van der Waals surface area contributed by atoms with Gasteiger partial charge in [-0.05, 0) is 31.4 Å². The van der Waals surface area contributed by atoms with Gasteiger partial charge in [0.05, 0.1) is 18.4 Å². The van der Waals surface area contributed by atoms with Crippen LogP contribution in [0.1, 0.15) is 19.3 Å². The maximum absolute atomic E-state index is 12.3. The van der Waals surface area contributed by atoms with Crippen molar-refractivity contribution in [1.82, 2.24) is 4.72 Å². The Labute approximate surface area is 125 Å². The van der Waals surface area contributed by atoms with Gasteiger partial charge in [-0.1, -0.05) is 12.1 Å². The van der Waals surface area contributed by atoms with Gasteiger partial charge in [0.15, 0.2) is 0 Å². The summed E-state index contributed by atoms with van der Waals surface area (Å²) in [7, 11) is -1.96. The van der Waals surface area contributed by atoms with Crippen molar-refractivity contribution < 1.29 is 18.3 Å². The zero-order chi connectivity index (χ0) is 15.3. The van der Waals surface area contributed by atoms with E-state index in [4.69, 9.17) is 4.74 Å². The van der Waals surface area contributed by atoms with Gasteiger partial charge in [0.1, 0.15) is 4.90 Å². The second kappa shape index (κ2) is 7.22. The van der Waals surface area contributed by atoms with Crippen LogP contribution in [0.4, 0.5) is 5.69 Å². The Morgan fingerprint density at radius 3 is 2.76 bits per heavy atom. The van der Waals surface area contributed by atoms with Crippen molar-refractivity contribution in [1.29, 1.82) is 0 Å². The number of para-hydroxylation sites is 1. The molecule has 1 aliphatic carbocycles. The number of aliphatic hydroxyl groups excluding tert-OH is 1. The summed E-state index contributed by atoms with van der Waals surface area (Å²) in [5.41, 5.74) is 0.551. The molecular weight excluding hydrogens is 292 g/mol. The second-order valence-corrected chi connectivity index (χ2v) is 6.90. The van der Waals surface area contributed by atoms with E-state index in [-0.39, 0.29) is 17.5 Å². The molecule has 118 valence electrons. The summed E-state index contributed by atoms with van der Waals surface area (Å²) < 4.78 is 32.1. The number of nitrogens with one attached hydrogen (secondary N) is 2. The lowest BCUT2D eigenvalue weighted by atomic mass is 10.2. The average molecular weight is 314 g/mol. The van der Waals surface area contributed by atoms with Crippen LogP contribution >= 0.6 is 0 Å². The normalized spacial score (nSPS) is 16.7. The van der Waals surface area contributed by atoms with Gasteiger partial charge in [-0.3, -0.25) is 0 Å². The summed E-state index contributed by atoms with van der Waals surface area (Å²) in [6.45, 7) is 0.741. The average Bonchev–Trinajstić information content (AvgIpc) is 3.23. The molecule has 3 N–H and O–H groups in total. The summed E-state index contributed by atoms with van der Waals surface area (Å²) >= 11 is 0. The lowest BCUT2D eigenvalue weighted by Crippen LogP contribution is -2.27. The Balaban J connectivity index is 1.99. The van der Waals surface area contributed by atoms with E-state index in [0.29, 0.717) is 18.7 Å². The lowest BCUT2D eigenvalue weighted by molar-refractivity contribution is 0.0615. The fraction of sp³-hybridized carbons (Fsp3) is 0.571. The topological polar surface area (TPSA) is 87.7 Å². The van der Waals surface area contributed by atoms with Crippen LogP contribution in [0.3, 0.4) is 0 Å². The highest BCUT2D eigenvalue weighted by atomic mass is 32.2. The van der Waals surface area contributed by atoms with Crippen LogP contribution in [0.5, 0.6) is 0 Å². The van der Waals surface area contributed by atoms with Gasteiger partial charge in [0.2, 0.25) is 10.0 Å². The summed E-state index contributed by atoms with van der Waals surface area (Å²) in [4.78, 5) is 0.248. The van der Waals surface area contributed by atoms with E-state index in [9.17, 15) is 13.5 Å². The van der Waals surface area contributed by atoms with E-state index >= 15 is 0 Å². The molecule has 2 rings (SSSR count). The molecule has 0 amide bonds. The van der Waals surface area contributed by atoms with Gasteiger partial charge in [0, 0.05) is 19.7 Å². The van der Waals surface area contributed by atoms with Crippen LogP contribution in [-0.2, 0) is 14.8 Å². The first-order valence-corrected chi connectivity index (χ1v) is 8.53. The maximum atomic E-state index is 12.3. The molecule has 0 saturated heterocycles. The number of hydrogen-bond acceptors (Lipinski definition) is 5. The van der Waals surface area contributed by atoms with Crippen LogP contribution in [0.2, 0.25) is 0 Å². The Bertz CT molecular complexity index is 558. The molecule has 0 aromatic heterocycles. The van der Waals surface area contributed by atoms with E-state index in [1.54, 1.807) is 24.3 Å². The molecule has 7 heteroatoms. The highest BCUT2D eigenvalue weighted by Gasteiger charge is 2.29. The lowest BCUT2D eigenvalue weighted by Gasteiger charge is -2.14. The SMILES string of the molecule is COCC(O)CCNc1ccccc1S(=O)(=O)NC1CC1. The van der Waals surface area contributed by atoms with Crippen molar-refractivity contribution in [2.45, 2.75) is 36.3 Å². The number of ether oxygens (including phenoxy) is 1. The third-order valence-corrected chi connectivity index (χ3v) is 4.81. The first-order valence-electron chi connectivity index (χ1n) is 7.05. The van der Waals surface area contributed by atoms with Crippen molar-refractivity contribution in [2.24, 2.45) is 0 Å². The molecule has 21 heavy (non-hydrogen) atoms. The number of aliphatic hydroxyl groups is 1. The third-order valence-electron chi connectivity index (χ3n) is 3.23. The van der Waals surface area contributed by atoms with Crippen molar-refractivity contribution in [3.8, 4) is 0 Å². The molecule has 1 aliphatic rings. The largest absolute Gasteiger partial charge is 0.391 e. The predicted octanol–water partition coefficient (Wildman–Crippen LogP) is 0.937. The molecular formula is C14H22N2O4S. The quantitative estimate of drug-likeness (QED) is 0.631. The van der Waals surface area contributed by atoms with E-state index in [1.165, 1.54) is 7.11 Å². The van der Waals surface area contributed by atoms with Crippen LogP contribution in [0.25, 0.3) is 0 Å². The molecule has 1 fully saturated rings. The smallest absolute Gasteiger partial charge is 0.242 e. The van der Waals surface area contributed by atoms with Gasteiger partial charge in [-0.15, -0.1) is 0 Å². The van der Waals surface area contributed by atoms with E-state index < -0.39 is 16.1 Å². The molecule has 0 spiro atoms. The fourth-order valence-corrected chi connectivity index (χ4v) is 3.47. The predicted molar refractivity (Wildman–Crippen MR) is 80.8 cm³/mol. The van der Waals surface area contributed by atoms with E-state index in [2.05, 4.69) is 10.0 Å². The Morgan fingerprint density at radius 2 is 2.10 bits per heavy atom. The molecule has 1 aromatic carbocycles. The highest BCUT2D eigenvalue weighted by molar-refractivity contribution is 7.89. The van der Waals surface area contributed by atoms with Crippen LogP contribution < -0.4 is 10.0 Å². The molecule has 0 radical (unpaired) electrons. The Kier molecular flexibility index (Phi) is 5.58. The zero-order valence-corrected chi connectivity index (χ0v) is 12.9. The summed E-state index contributed by atoms with van der Waals surface area (Å²) in [5, 5.41) is 12.7. The molecule has 1 unspecified atom stereocenters. The van der Waals surface area contributed by atoms with Gasteiger partial charge in [0.25, 0.3) is 0 Å². The van der Waals surface area contributed by atoms with Crippen molar-refractivity contribution >= 4 is 15.7 Å². The Hall–Kier alpha value is -1.15. The molecule has 0 aliphatic heterocycles. The third kappa shape index (κ3) is 4.96. The summed E-state index contributed by atoms with van der Waals surface area (Å²) in [5.74, 6) is 0. The monoisotopic (exact) mass is 314 g/mol. The number of benzene rings is 1. The van der Waals surface area contributed by atoms with Crippen LogP contribution in [0, 0.1) is 0 Å². The van der Waals surface area contributed by atoms with Crippen molar-refractivity contribution in [3.63, 3.8) is 0 Å². The van der Waals surface area contributed by atoms with Crippen LogP contribution in [0.15, 0.2) is 29.2 Å². The van der Waals surface area contributed by atoms with Crippen LogP contribution in [-0.4, -0.2) is 45.9 Å². The zero-order valence-electron chi connectivity index (χ0n) is 12.1. The fourth-order valence-electron chi connectivity index (χ4n) is 1.98. The maximum Gasteiger partial charge on any atom is 0.242 e. The standard InChI is InChI=1S/C14H22N2O4S/c1-20-10-12(17)8-9-15-13-4-2-3-5-14(13)21(18,19)16-11-6-7-11/h2-5,11-12,15-17H,6-10H2,1H3. The molecule has 1 saturated carbocycles. The van der Waals surface area contributed by atoms with Gasteiger partial charge in [-0.2, -0.15) is 0 Å². The van der Waals surface area contributed by atoms with E-state index in [1.807, 2.05) is 0 Å². The number of sulfonamides is 1. The minimum absolute atomic E-state index is 0.0755. The van der Waals surface area contributed by atoms with Crippen molar-refractivity contribution in [3.05, 3.63) is 24.3 Å². The summed E-state index contributed by atoms with van der Waals surface area (Å²) in [6, 6.07) is 6.87. The van der Waals surface area contributed by atoms with Gasteiger partial charge in [-0.25, -0.2) is 13.1 Å². The van der Waals surface area contributed by atoms with Crippen molar-refractivity contribution in [2.75, 3.05) is 25.6 Å². The van der Waals surface area contributed by atoms with E-state index in [0.717, 1.165) is 12.8 Å². The minimum atomic E-state index is -3.49. The number of rotatable bonds is 9. The Morgan fingerprint density at radius 1 is 1.38 bits per heavy atom. The highest BCUT2D eigenvalue weighted by Crippen LogP contribution is 2.25. The molecule has 1 aromatic rings. The summed E-state index contributed by atoms with van der Waals surface area (Å²) in [6.07, 6.45) is 1.73. The number of anilines is 1. The molecule has 6 nitrogen and oxygen atoms in total. The molecule has 0 bridgehead atoms. The minimum Gasteiger partial charge on any atom is -0.391 e. The first kappa shape index (κ1) is 16.2. The number of methoxy groups -OCH3 is 1. The number of hydrogen-bond donors (Lipinski definition) is 3. The van der Waals surface area contributed by atoms with Gasteiger partial charge >= 0.3 is 0 Å². The second-order valence-electron chi connectivity index (χ2n) is 5.22. The van der Waals surface area contributed by atoms with Gasteiger partial charge < -0.3 is 15.2 Å². The molecule has 0 heterocycles. The first-order chi connectivity index (χ1) is 10.0. The molecule has 1 atom stereocenters.